The van der Waals surface area contributed by atoms with Crippen LogP contribution in [0.3, 0.4) is 0 Å². The van der Waals surface area contributed by atoms with Crippen LogP contribution in [0.4, 0.5) is 0 Å². The van der Waals surface area contributed by atoms with Crippen LogP contribution in [0.1, 0.15) is 53.0 Å². The molecule has 29 heavy (non-hydrogen) atoms. The van der Waals surface area contributed by atoms with E-state index in [0.717, 1.165) is 12.8 Å². The van der Waals surface area contributed by atoms with Gasteiger partial charge in [-0.15, -0.1) is 0 Å². The minimum atomic E-state index is -0.215. The maximum atomic E-state index is 13.2. The number of carbonyl (C=O) groups is 3. The molecule has 6 heteroatoms. The number of likely N-dealkylation sites (tertiary alicyclic amines) is 1. The molecule has 2 aromatic rings. The molecule has 1 aliphatic heterocycles. The predicted molar refractivity (Wildman–Crippen MR) is 113 cm³/mol. The van der Waals surface area contributed by atoms with Crippen LogP contribution in [0.5, 0.6) is 0 Å². The summed E-state index contributed by atoms with van der Waals surface area (Å²) in [4.78, 5) is 39.9. The molecule has 0 saturated carbocycles. The van der Waals surface area contributed by atoms with Crippen molar-refractivity contribution in [2.75, 3.05) is 13.1 Å². The van der Waals surface area contributed by atoms with Crippen molar-refractivity contribution in [2.24, 2.45) is 5.92 Å². The Hall–Kier alpha value is -2.66. The van der Waals surface area contributed by atoms with E-state index >= 15 is 0 Å². The van der Waals surface area contributed by atoms with Gasteiger partial charge in [0.25, 0.3) is 5.91 Å². The van der Waals surface area contributed by atoms with Crippen molar-refractivity contribution in [3.05, 3.63) is 70.2 Å². The molecule has 2 amide bonds. The van der Waals surface area contributed by atoms with E-state index in [1.807, 2.05) is 13.8 Å². The monoisotopic (exact) mass is 412 g/mol. The zero-order chi connectivity index (χ0) is 21.0. The number of halogens is 1. The van der Waals surface area contributed by atoms with Crippen molar-refractivity contribution >= 4 is 29.2 Å². The summed E-state index contributed by atoms with van der Waals surface area (Å²) in [6.45, 7) is 4.75. The number of hydrogen-bond acceptors (Lipinski definition) is 3. The number of nitrogens with one attached hydrogen (secondary N) is 1. The van der Waals surface area contributed by atoms with Gasteiger partial charge in [-0.3, -0.25) is 14.4 Å². The first kappa shape index (κ1) is 21.1. The van der Waals surface area contributed by atoms with E-state index in [-0.39, 0.29) is 29.6 Å². The summed E-state index contributed by atoms with van der Waals surface area (Å²) in [5, 5.41) is 3.56. The van der Waals surface area contributed by atoms with E-state index in [9.17, 15) is 14.4 Å². The average Bonchev–Trinajstić information content (AvgIpc) is 2.73. The Morgan fingerprint density at radius 2 is 1.69 bits per heavy atom. The number of piperidine rings is 1. The van der Waals surface area contributed by atoms with Gasteiger partial charge in [-0.2, -0.15) is 0 Å². The van der Waals surface area contributed by atoms with E-state index in [1.165, 1.54) is 0 Å². The molecule has 2 aromatic carbocycles. The summed E-state index contributed by atoms with van der Waals surface area (Å²) >= 11 is 5.91. The van der Waals surface area contributed by atoms with E-state index < -0.39 is 0 Å². The highest BCUT2D eigenvalue weighted by Crippen LogP contribution is 2.20. The third-order valence-corrected chi connectivity index (χ3v) is 5.34. The van der Waals surface area contributed by atoms with Gasteiger partial charge < -0.3 is 10.2 Å². The molecular weight excluding hydrogens is 388 g/mol. The van der Waals surface area contributed by atoms with Crippen LogP contribution in [0, 0.1) is 5.92 Å². The smallest absolute Gasteiger partial charge is 0.254 e. The first-order valence-electron chi connectivity index (χ1n) is 9.85. The third kappa shape index (κ3) is 5.04. The van der Waals surface area contributed by atoms with Gasteiger partial charge in [0.1, 0.15) is 0 Å². The SMILES string of the molecule is CC(C)C(=O)N[C@H]1CCCN(C(=O)c2ccccc2C(=O)c2ccc(Cl)cc2)C1. The van der Waals surface area contributed by atoms with E-state index in [2.05, 4.69) is 5.32 Å². The van der Waals surface area contributed by atoms with Crippen LogP contribution in [-0.4, -0.2) is 41.6 Å². The molecule has 0 unspecified atom stereocenters. The number of ketones is 1. The lowest BCUT2D eigenvalue weighted by molar-refractivity contribution is -0.125. The van der Waals surface area contributed by atoms with Gasteiger partial charge in [-0.25, -0.2) is 0 Å². The number of nitrogens with zero attached hydrogens (tertiary/aromatic N) is 1. The summed E-state index contributed by atoms with van der Waals surface area (Å²) < 4.78 is 0. The van der Waals surface area contributed by atoms with Gasteiger partial charge in [0, 0.05) is 41.2 Å². The Balaban J connectivity index is 1.80. The lowest BCUT2D eigenvalue weighted by Gasteiger charge is -2.34. The van der Waals surface area contributed by atoms with Crippen molar-refractivity contribution < 1.29 is 14.4 Å². The van der Waals surface area contributed by atoms with Gasteiger partial charge in [0.05, 0.1) is 5.56 Å². The first-order valence-corrected chi connectivity index (χ1v) is 10.2. The quantitative estimate of drug-likeness (QED) is 0.756. The molecule has 0 aliphatic carbocycles. The van der Waals surface area contributed by atoms with Crippen LogP contribution < -0.4 is 5.32 Å². The Kier molecular flexibility index (Phi) is 6.70. The highest BCUT2D eigenvalue weighted by molar-refractivity contribution is 6.30. The molecule has 0 spiro atoms. The summed E-state index contributed by atoms with van der Waals surface area (Å²) in [5.41, 5.74) is 1.23. The van der Waals surface area contributed by atoms with Crippen molar-refractivity contribution in [3.8, 4) is 0 Å². The number of rotatable bonds is 5. The molecule has 1 N–H and O–H groups in total. The molecule has 1 heterocycles. The molecule has 1 atom stereocenters. The topological polar surface area (TPSA) is 66.5 Å². The largest absolute Gasteiger partial charge is 0.351 e. The minimum absolute atomic E-state index is 0.0115. The van der Waals surface area contributed by atoms with Gasteiger partial charge in [0.15, 0.2) is 5.78 Å². The minimum Gasteiger partial charge on any atom is -0.351 e. The summed E-state index contributed by atoms with van der Waals surface area (Å²) in [6.07, 6.45) is 1.65. The zero-order valence-corrected chi connectivity index (χ0v) is 17.4. The first-order chi connectivity index (χ1) is 13.9. The molecule has 1 fully saturated rings. The molecule has 0 aromatic heterocycles. The van der Waals surface area contributed by atoms with Crippen molar-refractivity contribution in [1.29, 1.82) is 0 Å². The second kappa shape index (κ2) is 9.23. The highest BCUT2D eigenvalue weighted by atomic mass is 35.5. The fourth-order valence-electron chi connectivity index (χ4n) is 3.44. The number of carbonyl (C=O) groups excluding carboxylic acids is 3. The van der Waals surface area contributed by atoms with Crippen molar-refractivity contribution in [1.82, 2.24) is 10.2 Å². The van der Waals surface area contributed by atoms with Crippen LogP contribution in [0.15, 0.2) is 48.5 Å². The van der Waals surface area contributed by atoms with Gasteiger partial charge in [-0.05, 0) is 43.2 Å². The molecule has 152 valence electrons. The number of amides is 2. The summed E-state index contributed by atoms with van der Waals surface area (Å²) in [5.74, 6) is -0.514. The average molecular weight is 413 g/mol. The van der Waals surface area contributed by atoms with Gasteiger partial charge in [0.2, 0.25) is 5.91 Å². The lowest BCUT2D eigenvalue weighted by atomic mass is 9.96. The maximum Gasteiger partial charge on any atom is 0.254 e. The summed E-state index contributed by atoms with van der Waals surface area (Å²) in [7, 11) is 0. The standard InChI is InChI=1S/C23H25ClN2O3/c1-15(2)22(28)25-18-6-5-13-26(14-18)23(29)20-8-4-3-7-19(20)21(27)16-9-11-17(24)12-10-16/h3-4,7-12,15,18H,5-6,13-14H2,1-2H3,(H,25,28)/t18-/m0/s1. The second-order valence-corrected chi connectivity index (χ2v) is 8.07. The molecule has 0 bridgehead atoms. The molecule has 1 saturated heterocycles. The van der Waals surface area contributed by atoms with Crippen molar-refractivity contribution in [3.63, 3.8) is 0 Å². The third-order valence-electron chi connectivity index (χ3n) is 5.09. The molecule has 0 radical (unpaired) electrons. The molecular formula is C23H25ClN2O3. The molecule has 3 rings (SSSR count). The van der Waals surface area contributed by atoms with Crippen LogP contribution in [0.25, 0.3) is 0 Å². The molecule has 1 aliphatic rings. The fraction of sp³-hybridized carbons (Fsp3) is 0.348. The van der Waals surface area contributed by atoms with E-state index in [0.29, 0.717) is 34.8 Å². The van der Waals surface area contributed by atoms with E-state index in [1.54, 1.807) is 53.4 Å². The fourth-order valence-corrected chi connectivity index (χ4v) is 3.57. The van der Waals surface area contributed by atoms with Crippen molar-refractivity contribution in [2.45, 2.75) is 32.7 Å². The Bertz CT molecular complexity index is 909. The Morgan fingerprint density at radius 3 is 2.34 bits per heavy atom. The van der Waals surface area contributed by atoms with Crippen LogP contribution in [-0.2, 0) is 4.79 Å². The Morgan fingerprint density at radius 1 is 1.03 bits per heavy atom. The second-order valence-electron chi connectivity index (χ2n) is 7.64. The molecule has 5 nitrogen and oxygen atoms in total. The lowest BCUT2D eigenvalue weighted by Crippen LogP contribution is -2.50. The predicted octanol–water partition coefficient (Wildman–Crippen LogP) is 3.95. The Labute approximate surface area is 176 Å². The number of hydrogen-bond donors (Lipinski definition) is 1. The van der Waals surface area contributed by atoms with Gasteiger partial charge in [-0.1, -0.05) is 43.6 Å². The van der Waals surface area contributed by atoms with E-state index in [4.69, 9.17) is 11.6 Å². The number of benzene rings is 2. The van der Waals surface area contributed by atoms with Crippen LogP contribution in [0.2, 0.25) is 5.02 Å². The highest BCUT2D eigenvalue weighted by Gasteiger charge is 2.28. The normalized spacial score (nSPS) is 16.6. The zero-order valence-electron chi connectivity index (χ0n) is 16.7. The van der Waals surface area contributed by atoms with Crippen LogP contribution >= 0.6 is 11.6 Å². The maximum absolute atomic E-state index is 13.2. The van der Waals surface area contributed by atoms with Gasteiger partial charge >= 0.3 is 0 Å². The summed E-state index contributed by atoms with van der Waals surface area (Å²) in [6, 6.07) is 13.4.